The average Bonchev–Trinajstić information content (AvgIpc) is 3.46. The third kappa shape index (κ3) is 7.89. The molecule has 1 atom stereocenters. The van der Waals surface area contributed by atoms with Gasteiger partial charge < -0.3 is 29.9 Å². The number of anilines is 2. The second-order valence-electron chi connectivity index (χ2n) is 12.5. The largest absolute Gasteiger partial charge is 0.490 e. The molecule has 4 aromatic rings. The molecule has 1 aromatic heterocycles. The Bertz CT molecular complexity index is 1740. The fourth-order valence-electron chi connectivity index (χ4n) is 6.24. The van der Waals surface area contributed by atoms with Crippen molar-refractivity contribution in [2.45, 2.75) is 46.1 Å². The van der Waals surface area contributed by atoms with Gasteiger partial charge in [-0.05, 0) is 87.0 Å². The number of aryl methyl sites for hydroxylation is 2. The molecule has 1 fully saturated rings. The maximum atomic E-state index is 15.1. The number of benzene rings is 3. The monoisotopic (exact) mass is 638 g/mol. The van der Waals surface area contributed by atoms with Gasteiger partial charge in [0, 0.05) is 56.1 Å². The zero-order valence-electron chi connectivity index (χ0n) is 27.6. The fraction of sp³-hybridized carbons (Fsp3) is 0.378. The summed E-state index contributed by atoms with van der Waals surface area (Å²) in [6.07, 6.45) is 1.93. The number of nitrogens with zero attached hydrogens (tertiary/aromatic N) is 4. The van der Waals surface area contributed by atoms with Gasteiger partial charge in [-0.1, -0.05) is 36.4 Å². The van der Waals surface area contributed by atoms with Crippen LogP contribution >= 0.6 is 0 Å². The maximum absolute atomic E-state index is 15.1. The Balaban J connectivity index is 1.16. The van der Waals surface area contributed by atoms with Crippen molar-refractivity contribution in [3.63, 3.8) is 0 Å². The molecule has 6 rings (SSSR count). The van der Waals surface area contributed by atoms with Gasteiger partial charge in [0.2, 0.25) is 11.8 Å². The summed E-state index contributed by atoms with van der Waals surface area (Å²) in [6.45, 7) is 11.8. The Kier molecular flexibility index (Phi) is 9.98. The molecule has 3 aromatic carbocycles. The summed E-state index contributed by atoms with van der Waals surface area (Å²) in [4.78, 5) is 27.0. The molecule has 2 aliphatic rings. The summed E-state index contributed by atoms with van der Waals surface area (Å²) < 4.78 is 26.6. The number of aromatic nitrogens is 2. The van der Waals surface area contributed by atoms with Crippen LogP contribution in [0.25, 0.3) is 11.3 Å². The minimum absolute atomic E-state index is 0.0830. The van der Waals surface area contributed by atoms with E-state index in [2.05, 4.69) is 52.4 Å². The highest BCUT2D eigenvalue weighted by Crippen LogP contribution is 2.32. The van der Waals surface area contributed by atoms with Crippen LogP contribution in [0.1, 0.15) is 46.7 Å². The van der Waals surface area contributed by atoms with E-state index in [0.717, 1.165) is 74.2 Å². The first kappa shape index (κ1) is 32.4. The molecule has 0 spiro atoms. The molecule has 246 valence electrons. The first-order valence-electron chi connectivity index (χ1n) is 16.4. The van der Waals surface area contributed by atoms with E-state index < -0.39 is 11.9 Å². The van der Waals surface area contributed by atoms with Gasteiger partial charge in [0.05, 0.1) is 18.3 Å². The Hall–Kier alpha value is -4.54. The molecule has 47 heavy (non-hydrogen) atoms. The highest BCUT2D eigenvalue weighted by Gasteiger charge is 2.25. The molecule has 9 nitrogen and oxygen atoms in total. The molecular weight excluding hydrogens is 595 g/mol. The Morgan fingerprint density at radius 2 is 1.79 bits per heavy atom. The lowest BCUT2D eigenvalue weighted by Crippen LogP contribution is -2.44. The van der Waals surface area contributed by atoms with E-state index in [-0.39, 0.29) is 23.6 Å². The first-order chi connectivity index (χ1) is 22.7. The SMILES string of the molecule is Cc1ccc(-c2cc(OC(=O)NC3CCc4ccccc43)nc(Nc3ccc(OCCCN4CCN(C)CC4)c(F)c3)n2)c(C)c1C. The fourth-order valence-corrected chi connectivity index (χ4v) is 6.24. The summed E-state index contributed by atoms with van der Waals surface area (Å²) in [6, 6.07) is 18.4. The number of rotatable bonds is 10. The maximum Gasteiger partial charge on any atom is 0.414 e. The van der Waals surface area contributed by atoms with Crippen LogP contribution in [0.3, 0.4) is 0 Å². The molecule has 2 heterocycles. The second-order valence-corrected chi connectivity index (χ2v) is 12.5. The van der Waals surface area contributed by atoms with Gasteiger partial charge in [-0.15, -0.1) is 0 Å². The predicted octanol–water partition coefficient (Wildman–Crippen LogP) is 6.74. The lowest BCUT2D eigenvalue weighted by Gasteiger charge is -2.32. The minimum atomic E-state index is -0.598. The lowest BCUT2D eigenvalue weighted by atomic mass is 9.97. The molecular formula is C37H43FN6O3. The highest BCUT2D eigenvalue weighted by molar-refractivity contribution is 5.73. The van der Waals surface area contributed by atoms with Gasteiger partial charge in [-0.25, -0.2) is 14.2 Å². The molecule has 1 saturated heterocycles. The van der Waals surface area contributed by atoms with Crippen LogP contribution in [-0.4, -0.2) is 72.2 Å². The van der Waals surface area contributed by atoms with Crippen LogP contribution in [0.5, 0.6) is 11.6 Å². The van der Waals surface area contributed by atoms with Gasteiger partial charge in [0.25, 0.3) is 0 Å². The van der Waals surface area contributed by atoms with Crippen LogP contribution < -0.4 is 20.1 Å². The average molecular weight is 639 g/mol. The van der Waals surface area contributed by atoms with Crippen molar-refractivity contribution >= 4 is 17.7 Å². The Morgan fingerprint density at radius 1 is 0.979 bits per heavy atom. The Morgan fingerprint density at radius 3 is 2.60 bits per heavy atom. The lowest BCUT2D eigenvalue weighted by molar-refractivity contribution is 0.145. The third-order valence-corrected chi connectivity index (χ3v) is 9.32. The van der Waals surface area contributed by atoms with Crippen LogP contribution in [0, 0.1) is 26.6 Å². The summed E-state index contributed by atoms with van der Waals surface area (Å²) in [5.41, 5.74) is 7.63. The van der Waals surface area contributed by atoms with Gasteiger partial charge >= 0.3 is 6.09 Å². The number of likely N-dealkylation sites (N-methyl/N-ethyl adjacent to an activating group) is 1. The zero-order valence-corrected chi connectivity index (χ0v) is 27.6. The number of hydrogen-bond acceptors (Lipinski definition) is 8. The number of hydrogen-bond donors (Lipinski definition) is 2. The molecule has 1 amide bonds. The molecule has 1 aliphatic heterocycles. The number of nitrogens with one attached hydrogen (secondary N) is 2. The molecule has 10 heteroatoms. The standard InChI is InChI=1S/C37H43FN6O3/c1-24-10-13-29(26(3)25(24)2)33-23-35(47-37(45)41-32-14-11-27-8-5-6-9-30(27)32)42-36(40-33)39-28-12-15-34(31(38)22-28)46-21-7-16-44-19-17-43(4)18-20-44/h5-6,8-10,12-13,15,22-23,32H,7,11,14,16-21H2,1-4H3,(H,41,45)(H,39,40,42). The smallest absolute Gasteiger partial charge is 0.414 e. The molecule has 0 saturated carbocycles. The topological polar surface area (TPSA) is 91.8 Å². The normalized spacial score (nSPS) is 16.5. The molecule has 2 N–H and O–H groups in total. The molecule has 1 unspecified atom stereocenters. The quantitative estimate of drug-likeness (QED) is 0.185. The van der Waals surface area contributed by atoms with Crippen molar-refractivity contribution in [1.29, 1.82) is 0 Å². The number of halogens is 1. The number of ether oxygens (including phenoxy) is 2. The van der Waals surface area contributed by atoms with Crippen molar-refractivity contribution in [3.05, 3.63) is 94.3 Å². The zero-order chi connectivity index (χ0) is 32.9. The number of fused-ring (bicyclic) bond motifs is 1. The van der Waals surface area contributed by atoms with Crippen LogP contribution in [-0.2, 0) is 6.42 Å². The van der Waals surface area contributed by atoms with Gasteiger partial charge in [0.1, 0.15) is 0 Å². The first-order valence-corrected chi connectivity index (χ1v) is 16.4. The second kappa shape index (κ2) is 14.5. The van der Waals surface area contributed by atoms with Crippen molar-refractivity contribution in [2.24, 2.45) is 0 Å². The minimum Gasteiger partial charge on any atom is -0.490 e. The van der Waals surface area contributed by atoms with E-state index >= 15 is 4.39 Å². The van der Waals surface area contributed by atoms with Crippen LogP contribution in [0.15, 0.2) is 60.7 Å². The van der Waals surface area contributed by atoms with Gasteiger partial charge in [-0.3, -0.25) is 0 Å². The highest BCUT2D eigenvalue weighted by atomic mass is 19.1. The number of carbonyl (C=O) groups excluding carboxylic acids is 1. The van der Waals surface area contributed by atoms with E-state index in [1.165, 1.54) is 17.2 Å². The molecule has 0 radical (unpaired) electrons. The van der Waals surface area contributed by atoms with E-state index in [1.54, 1.807) is 18.2 Å². The van der Waals surface area contributed by atoms with E-state index in [9.17, 15) is 4.79 Å². The number of amides is 1. The summed E-state index contributed by atoms with van der Waals surface area (Å²) in [5.74, 6) is -0.0268. The summed E-state index contributed by atoms with van der Waals surface area (Å²) in [5, 5.41) is 6.09. The predicted molar refractivity (Wildman–Crippen MR) is 182 cm³/mol. The van der Waals surface area contributed by atoms with Gasteiger partial charge in [-0.2, -0.15) is 4.98 Å². The number of carbonyl (C=O) groups is 1. The number of piperazine rings is 1. The van der Waals surface area contributed by atoms with Crippen LogP contribution in [0.4, 0.5) is 20.8 Å². The van der Waals surface area contributed by atoms with Crippen molar-refractivity contribution in [2.75, 3.05) is 51.7 Å². The third-order valence-electron chi connectivity index (χ3n) is 9.32. The van der Waals surface area contributed by atoms with Crippen LogP contribution in [0.2, 0.25) is 0 Å². The summed E-state index contributed by atoms with van der Waals surface area (Å²) >= 11 is 0. The van der Waals surface area contributed by atoms with Gasteiger partial charge in [0.15, 0.2) is 11.6 Å². The van der Waals surface area contributed by atoms with E-state index in [0.29, 0.717) is 18.0 Å². The molecule has 1 aliphatic carbocycles. The molecule has 0 bridgehead atoms. The van der Waals surface area contributed by atoms with E-state index in [1.807, 2.05) is 37.3 Å². The summed E-state index contributed by atoms with van der Waals surface area (Å²) in [7, 11) is 2.14. The van der Waals surface area contributed by atoms with Crippen molar-refractivity contribution < 1.29 is 18.7 Å². The van der Waals surface area contributed by atoms with E-state index in [4.69, 9.17) is 14.5 Å². The van der Waals surface area contributed by atoms with Crippen molar-refractivity contribution in [3.8, 4) is 22.9 Å². The van der Waals surface area contributed by atoms with Crippen molar-refractivity contribution in [1.82, 2.24) is 25.1 Å². The Labute approximate surface area is 276 Å².